The molecule has 0 saturated carbocycles. The first-order valence-electron chi connectivity index (χ1n) is 6.01. The molecule has 8 nitrogen and oxygen atoms in total. The van der Waals surface area contributed by atoms with E-state index in [0.29, 0.717) is 5.82 Å². The number of aliphatic imine (C=N–C) groups is 1. The molecule has 104 valence electrons. The Morgan fingerprint density at radius 2 is 2.11 bits per heavy atom. The zero-order valence-corrected chi connectivity index (χ0v) is 11.1. The van der Waals surface area contributed by atoms with Crippen LogP contribution in [0.5, 0.6) is 0 Å². The normalized spacial score (nSPS) is 10.0. The van der Waals surface area contributed by atoms with Crippen molar-refractivity contribution in [2.24, 2.45) is 16.5 Å². The van der Waals surface area contributed by atoms with E-state index in [1.807, 2.05) is 11.8 Å². The van der Waals surface area contributed by atoms with Crippen molar-refractivity contribution in [2.45, 2.75) is 20.3 Å². The van der Waals surface area contributed by atoms with Crippen molar-refractivity contribution in [3.05, 3.63) is 11.9 Å². The van der Waals surface area contributed by atoms with Crippen molar-refractivity contribution in [1.82, 2.24) is 9.97 Å². The minimum absolute atomic E-state index is 0.0158. The van der Waals surface area contributed by atoms with Gasteiger partial charge in [0.2, 0.25) is 0 Å². The number of guanidine groups is 1. The number of carbonyl (C=O) groups excluding carboxylic acids is 1. The number of hydrogen-bond acceptors (Lipinski definition) is 5. The molecule has 1 aromatic rings. The number of nitrogens with zero attached hydrogens (tertiary/aromatic N) is 4. The van der Waals surface area contributed by atoms with Gasteiger partial charge in [0, 0.05) is 13.1 Å². The molecule has 0 unspecified atom stereocenters. The van der Waals surface area contributed by atoms with E-state index in [1.54, 1.807) is 0 Å². The molecule has 0 saturated heterocycles. The van der Waals surface area contributed by atoms with E-state index in [0.717, 1.165) is 19.5 Å². The molecule has 0 aromatic carbocycles. The molecule has 1 amide bonds. The van der Waals surface area contributed by atoms with E-state index >= 15 is 0 Å². The zero-order valence-electron chi connectivity index (χ0n) is 11.1. The number of carbonyl (C=O) groups is 1. The Morgan fingerprint density at radius 1 is 1.42 bits per heavy atom. The predicted molar refractivity (Wildman–Crippen MR) is 74.8 cm³/mol. The van der Waals surface area contributed by atoms with Gasteiger partial charge in [-0.2, -0.15) is 4.99 Å². The lowest BCUT2D eigenvalue weighted by molar-refractivity contribution is 0.0998. The van der Waals surface area contributed by atoms with Crippen LogP contribution in [-0.2, 0) is 0 Å². The third-order valence-corrected chi connectivity index (χ3v) is 2.42. The maximum atomic E-state index is 11.6. The van der Waals surface area contributed by atoms with Gasteiger partial charge in [0.05, 0.1) is 6.20 Å². The fourth-order valence-corrected chi connectivity index (χ4v) is 1.59. The van der Waals surface area contributed by atoms with Crippen molar-refractivity contribution in [3.63, 3.8) is 0 Å². The van der Waals surface area contributed by atoms with Gasteiger partial charge in [-0.15, -0.1) is 0 Å². The molecular formula is C11H19N7O. The number of rotatable bonds is 5. The third-order valence-electron chi connectivity index (χ3n) is 2.42. The summed E-state index contributed by atoms with van der Waals surface area (Å²) in [6, 6.07) is 0. The molecule has 1 aromatic heterocycles. The van der Waals surface area contributed by atoms with Gasteiger partial charge >= 0.3 is 5.91 Å². The Balaban J connectivity index is 3.03. The molecule has 0 spiro atoms. The number of nitrogen functional groups attached to an aromatic ring is 1. The van der Waals surface area contributed by atoms with Crippen molar-refractivity contribution >= 4 is 23.5 Å². The summed E-state index contributed by atoms with van der Waals surface area (Å²) in [6.45, 7) is 5.69. The lowest BCUT2D eigenvalue weighted by atomic mass is 10.3. The lowest BCUT2D eigenvalue weighted by Gasteiger charge is -2.21. The molecule has 8 heteroatoms. The molecule has 1 rings (SSSR count). The van der Waals surface area contributed by atoms with E-state index in [-0.39, 0.29) is 17.5 Å². The number of nitrogens with two attached hydrogens (primary N) is 3. The summed E-state index contributed by atoms with van der Waals surface area (Å²) < 4.78 is 0. The van der Waals surface area contributed by atoms with Gasteiger partial charge in [-0.1, -0.05) is 6.92 Å². The number of anilines is 2. The zero-order chi connectivity index (χ0) is 14.4. The molecule has 0 radical (unpaired) electrons. The van der Waals surface area contributed by atoms with Gasteiger partial charge in [0.15, 0.2) is 17.5 Å². The largest absolute Gasteiger partial charge is 0.382 e. The summed E-state index contributed by atoms with van der Waals surface area (Å²) in [5.74, 6) is -0.392. The molecule has 1 heterocycles. The lowest BCUT2D eigenvalue weighted by Crippen LogP contribution is -2.26. The Bertz CT molecular complexity index is 482. The highest BCUT2D eigenvalue weighted by Gasteiger charge is 2.15. The molecule has 0 aliphatic heterocycles. The van der Waals surface area contributed by atoms with Crippen molar-refractivity contribution in [1.29, 1.82) is 0 Å². The van der Waals surface area contributed by atoms with Crippen molar-refractivity contribution < 1.29 is 4.79 Å². The van der Waals surface area contributed by atoms with Gasteiger partial charge in [0.25, 0.3) is 0 Å². The summed E-state index contributed by atoms with van der Waals surface area (Å²) >= 11 is 0. The van der Waals surface area contributed by atoms with Crippen LogP contribution in [-0.4, -0.2) is 34.9 Å². The van der Waals surface area contributed by atoms with Crippen LogP contribution in [0.4, 0.5) is 11.6 Å². The van der Waals surface area contributed by atoms with Crippen LogP contribution in [0.3, 0.4) is 0 Å². The average Bonchev–Trinajstić information content (AvgIpc) is 2.34. The van der Waals surface area contributed by atoms with E-state index in [2.05, 4.69) is 21.9 Å². The molecule has 6 N–H and O–H groups in total. The second-order valence-electron chi connectivity index (χ2n) is 3.88. The molecule has 19 heavy (non-hydrogen) atoms. The van der Waals surface area contributed by atoms with Gasteiger partial charge in [-0.25, -0.2) is 9.97 Å². The van der Waals surface area contributed by atoms with Crippen LogP contribution in [0, 0.1) is 0 Å². The average molecular weight is 265 g/mol. The first kappa shape index (κ1) is 14.7. The molecule has 0 fully saturated rings. The Kier molecular flexibility index (Phi) is 5.04. The molecule has 0 bridgehead atoms. The number of aromatic nitrogens is 2. The second kappa shape index (κ2) is 6.53. The van der Waals surface area contributed by atoms with Crippen LogP contribution < -0.4 is 22.1 Å². The van der Waals surface area contributed by atoms with Crippen LogP contribution in [0.2, 0.25) is 0 Å². The molecule has 0 aliphatic carbocycles. The SMILES string of the molecule is CCCN(CC)c1cnc(C(=O)N=C(N)N)c(N)n1. The van der Waals surface area contributed by atoms with E-state index in [1.165, 1.54) is 6.20 Å². The maximum absolute atomic E-state index is 11.6. The predicted octanol–water partition coefficient (Wildman–Crippen LogP) is -0.291. The standard InChI is InChI=1S/C11H19N7O/c1-3-5-18(4-2)7-6-15-8(9(12)16-7)10(19)17-11(13)14/h6H,3-5H2,1-2H3,(H2,12,16)(H4,13,14,17,19). The van der Waals surface area contributed by atoms with Gasteiger partial charge in [-0.05, 0) is 13.3 Å². The highest BCUT2D eigenvalue weighted by Crippen LogP contribution is 2.15. The Labute approximate surface area is 111 Å². The summed E-state index contributed by atoms with van der Waals surface area (Å²) in [6.07, 6.45) is 2.47. The topological polar surface area (TPSA) is 137 Å². The van der Waals surface area contributed by atoms with Crippen LogP contribution in [0.1, 0.15) is 30.8 Å². The number of hydrogen-bond donors (Lipinski definition) is 3. The first-order valence-corrected chi connectivity index (χ1v) is 6.01. The van der Waals surface area contributed by atoms with Crippen molar-refractivity contribution in [2.75, 3.05) is 23.7 Å². The Hall–Kier alpha value is -2.38. The second-order valence-corrected chi connectivity index (χ2v) is 3.88. The van der Waals surface area contributed by atoms with Crippen molar-refractivity contribution in [3.8, 4) is 0 Å². The third kappa shape index (κ3) is 3.80. The molecular weight excluding hydrogens is 246 g/mol. The summed E-state index contributed by atoms with van der Waals surface area (Å²) in [5, 5.41) is 0. The van der Waals surface area contributed by atoms with Gasteiger partial charge < -0.3 is 22.1 Å². The maximum Gasteiger partial charge on any atom is 0.302 e. The van der Waals surface area contributed by atoms with Crippen LogP contribution in [0.15, 0.2) is 11.2 Å². The smallest absolute Gasteiger partial charge is 0.302 e. The summed E-state index contributed by atoms with van der Waals surface area (Å²) in [4.78, 5) is 25.1. The van der Waals surface area contributed by atoms with E-state index < -0.39 is 5.91 Å². The quantitative estimate of drug-likeness (QED) is 0.491. The monoisotopic (exact) mass is 265 g/mol. The number of amides is 1. The van der Waals surface area contributed by atoms with Gasteiger partial charge in [0.1, 0.15) is 5.82 Å². The summed E-state index contributed by atoms with van der Waals surface area (Å²) in [5.41, 5.74) is 15.9. The Morgan fingerprint density at radius 3 is 2.58 bits per heavy atom. The van der Waals surface area contributed by atoms with Crippen LogP contribution in [0.25, 0.3) is 0 Å². The van der Waals surface area contributed by atoms with Gasteiger partial charge in [-0.3, -0.25) is 4.79 Å². The van der Waals surface area contributed by atoms with Crippen LogP contribution >= 0.6 is 0 Å². The fourth-order valence-electron chi connectivity index (χ4n) is 1.59. The minimum atomic E-state index is -0.699. The van der Waals surface area contributed by atoms with E-state index in [4.69, 9.17) is 17.2 Å². The van der Waals surface area contributed by atoms with E-state index in [9.17, 15) is 4.79 Å². The molecule has 0 atom stereocenters. The minimum Gasteiger partial charge on any atom is -0.382 e. The first-order chi connectivity index (χ1) is 8.99. The highest BCUT2D eigenvalue weighted by molar-refractivity contribution is 6.03. The molecule has 0 aliphatic rings. The highest BCUT2D eigenvalue weighted by atomic mass is 16.1. The summed E-state index contributed by atoms with van der Waals surface area (Å²) in [7, 11) is 0. The fraction of sp³-hybridized carbons (Fsp3) is 0.455.